The van der Waals surface area contributed by atoms with Gasteiger partial charge >= 0.3 is 0 Å². The molecule has 3 N–H and O–H groups in total. The van der Waals surface area contributed by atoms with Gasteiger partial charge < -0.3 is 5.73 Å². The normalized spacial score (nSPS) is 20.2. The molecule has 1 saturated heterocycles. The fourth-order valence-electron chi connectivity index (χ4n) is 3.94. The predicted octanol–water partition coefficient (Wildman–Crippen LogP) is 3.12. The Labute approximate surface area is 192 Å². The number of imide groups is 1. The van der Waals surface area contributed by atoms with Crippen LogP contribution < -0.4 is 11.1 Å². The average Bonchev–Trinajstić information content (AvgIpc) is 3.07. The Morgan fingerprint density at radius 1 is 1.34 bits per heavy atom. The molecule has 0 spiro atoms. The number of hydrogen-bond acceptors (Lipinski definition) is 6. The molecule has 1 aliphatic rings. The minimum absolute atomic E-state index is 0.00860. The molecule has 9 heteroatoms. The van der Waals surface area contributed by atoms with Crippen LogP contribution in [-0.4, -0.2) is 51.5 Å². The van der Waals surface area contributed by atoms with Gasteiger partial charge in [-0.15, -0.1) is 0 Å². The maximum atomic E-state index is 14.3. The topological polar surface area (TPSA) is 101 Å². The highest BCUT2D eigenvalue weighted by Gasteiger charge is 2.38. The van der Waals surface area contributed by atoms with Crippen LogP contribution in [0.2, 0.25) is 5.02 Å². The second kappa shape index (κ2) is 10.0. The summed E-state index contributed by atoms with van der Waals surface area (Å²) < 4.78 is 14.3. The Kier molecular flexibility index (Phi) is 7.59. The Bertz CT molecular complexity index is 967. The first-order valence-corrected chi connectivity index (χ1v) is 10.9. The number of nitrogens with zero attached hydrogens (tertiary/aromatic N) is 3. The maximum absolute atomic E-state index is 14.3. The summed E-state index contributed by atoms with van der Waals surface area (Å²) in [6.45, 7) is 6.25. The quantitative estimate of drug-likeness (QED) is 0.685. The number of carbonyl (C=O) groups is 2. The Morgan fingerprint density at radius 2 is 2.09 bits per heavy atom. The minimum Gasteiger partial charge on any atom is -0.320 e. The Hall–Kier alpha value is -2.42. The fraction of sp³-hybridized carbons (Fsp3) is 0.478. The summed E-state index contributed by atoms with van der Waals surface area (Å²) in [5.74, 6) is -1.09. The van der Waals surface area contributed by atoms with Crippen molar-refractivity contribution in [1.29, 1.82) is 0 Å². The third-order valence-corrected chi connectivity index (χ3v) is 5.59. The highest BCUT2D eigenvalue weighted by atomic mass is 35.5. The lowest BCUT2D eigenvalue weighted by molar-refractivity contribution is -0.134. The van der Waals surface area contributed by atoms with Crippen molar-refractivity contribution in [3.8, 4) is 11.3 Å². The van der Waals surface area contributed by atoms with Gasteiger partial charge in [-0.1, -0.05) is 38.4 Å². The number of alkyl halides is 1. The molecule has 1 aromatic carbocycles. The number of rotatable bonds is 6. The van der Waals surface area contributed by atoms with Crippen molar-refractivity contribution in [1.82, 2.24) is 20.2 Å². The van der Waals surface area contributed by atoms with E-state index in [0.29, 0.717) is 17.1 Å². The molecule has 172 valence electrons. The number of nitrogens with one attached hydrogen (secondary N) is 1. The van der Waals surface area contributed by atoms with Gasteiger partial charge in [0.25, 0.3) is 0 Å². The van der Waals surface area contributed by atoms with Crippen LogP contribution in [0.25, 0.3) is 11.3 Å². The van der Waals surface area contributed by atoms with Crippen molar-refractivity contribution in [2.75, 3.05) is 6.54 Å². The van der Waals surface area contributed by atoms with E-state index in [4.69, 9.17) is 17.3 Å². The van der Waals surface area contributed by atoms with E-state index in [1.165, 1.54) is 0 Å². The molecule has 3 rings (SSSR count). The van der Waals surface area contributed by atoms with Gasteiger partial charge in [-0.2, -0.15) is 0 Å². The van der Waals surface area contributed by atoms with E-state index in [1.807, 2.05) is 26.8 Å². The van der Waals surface area contributed by atoms with Gasteiger partial charge in [0.15, 0.2) is 0 Å². The van der Waals surface area contributed by atoms with E-state index in [-0.39, 0.29) is 24.9 Å². The predicted molar refractivity (Wildman–Crippen MR) is 121 cm³/mol. The number of aromatic nitrogens is 2. The van der Waals surface area contributed by atoms with Gasteiger partial charge in [-0.05, 0) is 29.5 Å². The van der Waals surface area contributed by atoms with Crippen LogP contribution in [0.1, 0.15) is 39.2 Å². The largest absolute Gasteiger partial charge is 0.320 e. The van der Waals surface area contributed by atoms with Crippen LogP contribution in [0.3, 0.4) is 0 Å². The lowest BCUT2D eigenvalue weighted by Gasteiger charge is -2.26. The summed E-state index contributed by atoms with van der Waals surface area (Å²) in [7, 11) is 0. The van der Waals surface area contributed by atoms with Crippen molar-refractivity contribution >= 4 is 23.4 Å². The molecule has 1 fully saturated rings. The standard InChI is InChI=1S/C23H29ClFN5O2/c1-23(2,3)10-18(26)21(31)29-22(32)20-9-16(25)13-30(20)12-14-8-15(24)4-5-17(14)19-11-27-6-7-28-19/h4-8,11,16,18,20H,9-10,12-13,26H2,1-3H3,(H,29,31,32)/t16-,18-,20?/m1/s1. The molecule has 1 unspecified atom stereocenters. The second-order valence-corrected chi connectivity index (χ2v) is 9.83. The third kappa shape index (κ3) is 6.31. The molecule has 2 heterocycles. The first-order valence-electron chi connectivity index (χ1n) is 10.6. The molecule has 0 radical (unpaired) electrons. The van der Waals surface area contributed by atoms with Crippen LogP contribution in [0, 0.1) is 5.41 Å². The number of hydrogen-bond donors (Lipinski definition) is 2. The van der Waals surface area contributed by atoms with Crippen molar-refractivity contribution in [3.05, 3.63) is 47.4 Å². The van der Waals surface area contributed by atoms with E-state index in [2.05, 4.69) is 15.3 Å². The second-order valence-electron chi connectivity index (χ2n) is 9.40. The molecule has 1 aromatic heterocycles. The maximum Gasteiger partial charge on any atom is 0.244 e. The summed E-state index contributed by atoms with van der Waals surface area (Å²) in [4.78, 5) is 35.4. The van der Waals surface area contributed by atoms with Crippen molar-refractivity contribution in [3.63, 3.8) is 0 Å². The number of halogens is 2. The molecule has 1 aliphatic heterocycles. The van der Waals surface area contributed by atoms with Crippen LogP contribution in [0.15, 0.2) is 36.8 Å². The number of likely N-dealkylation sites (tertiary alicyclic amines) is 1. The van der Waals surface area contributed by atoms with Gasteiger partial charge in [-0.3, -0.25) is 29.8 Å². The molecule has 2 aromatic rings. The molecular weight excluding hydrogens is 433 g/mol. The molecule has 3 atom stereocenters. The summed E-state index contributed by atoms with van der Waals surface area (Å²) in [6.07, 6.45) is 4.06. The first kappa shape index (κ1) is 24.2. The zero-order chi connectivity index (χ0) is 23.5. The van der Waals surface area contributed by atoms with Crippen molar-refractivity contribution < 1.29 is 14.0 Å². The molecule has 0 saturated carbocycles. The van der Waals surface area contributed by atoms with Crippen LogP contribution in [0.5, 0.6) is 0 Å². The first-order chi connectivity index (χ1) is 15.0. The third-order valence-electron chi connectivity index (χ3n) is 5.35. The number of carbonyl (C=O) groups excluding carboxylic acids is 2. The zero-order valence-corrected chi connectivity index (χ0v) is 19.3. The molecule has 2 amide bonds. The van der Waals surface area contributed by atoms with Gasteiger partial charge in [0, 0.05) is 42.5 Å². The van der Waals surface area contributed by atoms with E-state index >= 15 is 0 Å². The Balaban J connectivity index is 1.76. The highest BCUT2D eigenvalue weighted by molar-refractivity contribution is 6.30. The SMILES string of the molecule is CC(C)(C)C[C@@H](N)C(=O)NC(=O)C1C[C@@H](F)CN1Cc1cc(Cl)ccc1-c1cnccn1. The van der Waals surface area contributed by atoms with Crippen LogP contribution >= 0.6 is 11.6 Å². The van der Waals surface area contributed by atoms with Gasteiger partial charge in [0.05, 0.1) is 24.0 Å². The van der Waals surface area contributed by atoms with Crippen molar-refractivity contribution in [2.24, 2.45) is 11.1 Å². The lowest BCUT2D eigenvalue weighted by Crippen LogP contribution is -2.50. The smallest absolute Gasteiger partial charge is 0.244 e. The summed E-state index contributed by atoms with van der Waals surface area (Å²) in [6, 6.07) is 3.75. The van der Waals surface area contributed by atoms with E-state index < -0.39 is 30.1 Å². The summed E-state index contributed by atoms with van der Waals surface area (Å²) in [5.41, 5.74) is 8.04. The Morgan fingerprint density at radius 3 is 2.75 bits per heavy atom. The molecule has 0 aliphatic carbocycles. The van der Waals surface area contributed by atoms with E-state index in [9.17, 15) is 14.0 Å². The van der Waals surface area contributed by atoms with Gasteiger partial charge in [0.2, 0.25) is 11.8 Å². The molecule has 7 nitrogen and oxygen atoms in total. The molecule has 0 bridgehead atoms. The van der Waals surface area contributed by atoms with Gasteiger partial charge in [-0.25, -0.2) is 4.39 Å². The molecule has 32 heavy (non-hydrogen) atoms. The lowest BCUT2D eigenvalue weighted by atomic mass is 9.88. The van der Waals surface area contributed by atoms with Crippen LogP contribution in [0.4, 0.5) is 4.39 Å². The highest BCUT2D eigenvalue weighted by Crippen LogP contribution is 2.29. The summed E-state index contributed by atoms with van der Waals surface area (Å²) >= 11 is 6.21. The van der Waals surface area contributed by atoms with Crippen molar-refractivity contribution in [2.45, 2.75) is 58.4 Å². The van der Waals surface area contributed by atoms with E-state index in [1.54, 1.807) is 35.6 Å². The zero-order valence-electron chi connectivity index (χ0n) is 18.5. The number of benzene rings is 1. The monoisotopic (exact) mass is 461 g/mol. The van der Waals surface area contributed by atoms with Gasteiger partial charge in [0.1, 0.15) is 6.17 Å². The average molecular weight is 462 g/mol. The molecular formula is C23H29ClFN5O2. The summed E-state index contributed by atoms with van der Waals surface area (Å²) in [5, 5.41) is 2.90. The number of amides is 2. The fourth-order valence-corrected chi connectivity index (χ4v) is 4.14. The van der Waals surface area contributed by atoms with Crippen LogP contribution in [-0.2, 0) is 16.1 Å². The number of nitrogens with two attached hydrogens (primary N) is 1. The minimum atomic E-state index is -1.18. The van der Waals surface area contributed by atoms with E-state index in [0.717, 1.165) is 11.1 Å².